The van der Waals surface area contributed by atoms with E-state index in [-0.39, 0.29) is 16.8 Å². The van der Waals surface area contributed by atoms with Crippen molar-refractivity contribution in [2.45, 2.75) is 51.0 Å². The van der Waals surface area contributed by atoms with Gasteiger partial charge in [-0.25, -0.2) is 13.1 Å². The second-order valence-corrected chi connectivity index (χ2v) is 8.57. The Morgan fingerprint density at radius 2 is 1.85 bits per heavy atom. The minimum absolute atomic E-state index is 0.150. The first-order valence-electron chi connectivity index (χ1n) is 9.47. The van der Waals surface area contributed by atoms with E-state index in [0.29, 0.717) is 19.5 Å². The largest absolute Gasteiger partial charge is 0.342 e. The monoisotopic (exact) mass is 381 g/mol. The molecule has 0 saturated carbocycles. The summed E-state index contributed by atoms with van der Waals surface area (Å²) in [6, 6.07) is 7.11. The molecule has 1 aromatic rings. The van der Waals surface area contributed by atoms with Crippen molar-refractivity contribution in [1.29, 1.82) is 0 Å². The lowest BCUT2D eigenvalue weighted by atomic mass is 10.1. The molecule has 1 amide bonds. The van der Waals surface area contributed by atoms with Crippen LogP contribution in [0.4, 0.5) is 0 Å². The maximum absolute atomic E-state index is 12.5. The minimum Gasteiger partial charge on any atom is -0.342 e. The molecular formula is C19H31N3O3S. The molecule has 1 heterocycles. The standard InChI is InChI=1S/C19H31N3O3S/c1-4-21(5-2)16(3)15-20-26(24,25)18-10-8-17(9-11-18)12-14-22-13-6-7-19(22)23/h8-11,16,20H,4-7,12-15H2,1-3H3. The van der Waals surface area contributed by atoms with Crippen molar-refractivity contribution >= 4 is 15.9 Å². The molecule has 2 rings (SSSR count). The Bertz CT molecular complexity index is 684. The Labute approximate surface area is 157 Å². The summed E-state index contributed by atoms with van der Waals surface area (Å²) < 4.78 is 27.7. The molecule has 0 aromatic heterocycles. The van der Waals surface area contributed by atoms with E-state index in [4.69, 9.17) is 0 Å². The zero-order valence-corrected chi connectivity index (χ0v) is 16.9. The minimum atomic E-state index is -3.50. The predicted octanol–water partition coefficient (Wildman–Crippen LogP) is 1.86. The van der Waals surface area contributed by atoms with E-state index in [1.54, 1.807) is 12.1 Å². The van der Waals surface area contributed by atoms with Gasteiger partial charge in [0.15, 0.2) is 0 Å². The van der Waals surface area contributed by atoms with Crippen LogP contribution in [0.1, 0.15) is 39.2 Å². The van der Waals surface area contributed by atoms with Crippen molar-refractivity contribution < 1.29 is 13.2 Å². The van der Waals surface area contributed by atoms with Crippen LogP contribution in [0.15, 0.2) is 29.2 Å². The average molecular weight is 382 g/mol. The van der Waals surface area contributed by atoms with E-state index in [0.717, 1.165) is 38.0 Å². The highest BCUT2D eigenvalue weighted by molar-refractivity contribution is 7.89. The van der Waals surface area contributed by atoms with Gasteiger partial charge in [-0.3, -0.25) is 9.69 Å². The molecule has 0 spiro atoms. The van der Waals surface area contributed by atoms with Gasteiger partial charge < -0.3 is 4.90 Å². The summed E-state index contributed by atoms with van der Waals surface area (Å²) in [6.45, 7) is 9.89. The van der Waals surface area contributed by atoms with E-state index < -0.39 is 10.0 Å². The van der Waals surface area contributed by atoms with Crippen LogP contribution in [-0.4, -0.2) is 62.9 Å². The molecule has 0 aliphatic carbocycles. The number of rotatable bonds is 10. The van der Waals surface area contributed by atoms with Gasteiger partial charge in [-0.2, -0.15) is 0 Å². The Hall–Kier alpha value is -1.44. The second-order valence-electron chi connectivity index (χ2n) is 6.80. The zero-order chi connectivity index (χ0) is 19.2. The molecule has 1 aliphatic rings. The zero-order valence-electron chi connectivity index (χ0n) is 16.1. The van der Waals surface area contributed by atoms with E-state index in [2.05, 4.69) is 23.5 Å². The maximum Gasteiger partial charge on any atom is 0.240 e. The maximum atomic E-state index is 12.5. The summed E-state index contributed by atoms with van der Waals surface area (Å²) in [6.07, 6.45) is 2.33. The highest BCUT2D eigenvalue weighted by Crippen LogP contribution is 2.14. The summed E-state index contributed by atoms with van der Waals surface area (Å²) >= 11 is 0. The molecule has 1 unspecified atom stereocenters. The summed E-state index contributed by atoms with van der Waals surface area (Å²) in [5.41, 5.74) is 1.04. The van der Waals surface area contributed by atoms with Gasteiger partial charge in [0.2, 0.25) is 15.9 Å². The quantitative estimate of drug-likeness (QED) is 0.672. The molecule has 1 saturated heterocycles. The van der Waals surface area contributed by atoms with Crippen molar-refractivity contribution in [3.63, 3.8) is 0 Å². The molecule has 7 heteroatoms. The van der Waals surface area contributed by atoms with Crippen LogP contribution >= 0.6 is 0 Å². The Kier molecular flexibility index (Phi) is 7.61. The smallest absolute Gasteiger partial charge is 0.240 e. The number of sulfonamides is 1. The first kappa shape index (κ1) is 20.9. The molecular weight excluding hydrogens is 350 g/mol. The molecule has 146 valence electrons. The van der Waals surface area contributed by atoms with E-state index in [9.17, 15) is 13.2 Å². The third-order valence-corrected chi connectivity index (χ3v) is 6.52. The van der Waals surface area contributed by atoms with Crippen molar-refractivity contribution in [3.05, 3.63) is 29.8 Å². The lowest BCUT2D eigenvalue weighted by Gasteiger charge is -2.26. The normalized spacial score (nSPS) is 16.5. The van der Waals surface area contributed by atoms with Crippen molar-refractivity contribution in [2.75, 3.05) is 32.7 Å². The fourth-order valence-corrected chi connectivity index (χ4v) is 4.45. The van der Waals surface area contributed by atoms with Gasteiger partial charge in [-0.05, 0) is 50.6 Å². The van der Waals surface area contributed by atoms with Gasteiger partial charge in [0.05, 0.1) is 4.90 Å². The van der Waals surface area contributed by atoms with Crippen LogP contribution in [-0.2, 0) is 21.2 Å². The fourth-order valence-electron chi connectivity index (χ4n) is 3.33. The van der Waals surface area contributed by atoms with Gasteiger partial charge in [-0.1, -0.05) is 26.0 Å². The van der Waals surface area contributed by atoms with Crippen molar-refractivity contribution in [2.24, 2.45) is 0 Å². The molecule has 1 aromatic carbocycles. The van der Waals surface area contributed by atoms with Crippen LogP contribution in [0.3, 0.4) is 0 Å². The van der Waals surface area contributed by atoms with Crippen LogP contribution in [0.25, 0.3) is 0 Å². The summed E-state index contributed by atoms with van der Waals surface area (Å²) in [5, 5.41) is 0. The highest BCUT2D eigenvalue weighted by Gasteiger charge is 2.20. The van der Waals surface area contributed by atoms with E-state index in [1.165, 1.54) is 0 Å². The molecule has 1 fully saturated rings. The Balaban J connectivity index is 1.90. The molecule has 1 atom stereocenters. The SMILES string of the molecule is CCN(CC)C(C)CNS(=O)(=O)c1ccc(CCN2CCCC2=O)cc1. The van der Waals surface area contributed by atoms with Gasteiger partial charge in [0, 0.05) is 32.1 Å². The van der Waals surface area contributed by atoms with Gasteiger partial charge >= 0.3 is 0 Å². The Morgan fingerprint density at radius 1 is 1.19 bits per heavy atom. The number of benzene rings is 1. The number of nitrogens with zero attached hydrogens (tertiary/aromatic N) is 2. The number of carbonyl (C=O) groups excluding carboxylic acids is 1. The van der Waals surface area contributed by atoms with Crippen LogP contribution < -0.4 is 4.72 Å². The van der Waals surface area contributed by atoms with Crippen LogP contribution in [0.2, 0.25) is 0 Å². The number of hydrogen-bond donors (Lipinski definition) is 1. The number of nitrogens with one attached hydrogen (secondary N) is 1. The lowest BCUT2D eigenvalue weighted by molar-refractivity contribution is -0.127. The first-order valence-corrected chi connectivity index (χ1v) is 11.0. The molecule has 1 aliphatic heterocycles. The predicted molar refractivity (Wildman–Crippen MR) is 104 cm³/mol. The van der Waals surface area contributed by atoms with Gasteiger partial charge in [0.25, 0.3) is 0 Å². The molecule has 6 nitrogen and oxygen atoms in total. The topological polar surface area (TPSA) is 69.7 Å². The third-order valence-electron chi connectivity index (χ3n) is 5.08. The number of hydrogen-bond acceptors (Lipinski definition) is 4. The first-order chi connectivity index (χ1) is 12.4. The van der Waals surface area contributed by atoms with Crippen molar-refractivity contribution in [3.8, 4) is 0 Å². The van der Waals surface area contributed by atoms with Gasteiger partial charge in [0.1, 0.15) is 0 Å². The summed E-state index contributed by atoms with van der Waals surface area (Å²) in [4.78, 5) is 16.0. The van der Waals surface area contributed by atoms with Crippen LogP contribution in [0, 0.1) is 0 Å². The van der Waals surface area contributed by atoms with E-state index in [1.807, 2.05) is 24.0 Å². The summed E-state index contributed by atoms with van der Waals surface area (Å²) in [7, 11) is -3.50. The molecule has 0 bridgehead atoms. The fraction of sp³-hybridized carbons (Fsp3) is 0.632. The molecule has 0 radical (unpaired) electrons. The van der Waals surface area contributed by atoms with Crippen LogP contribution in [0.5, 0.6) is 0 Å². The summed E-state index contributed by atoms with van der Waals surface area (Å²) in [5.74, 6) is 0.218. The highest BCUT2D eigenvalue weighted by atomic mass is 32.2. The third kappa shape index (κ3) is 5.53. The molecule has 26 heavy (non-hydrogen) atoms. The number of amides is 1. The molecule has 1 N–H and O–H groups in total. The van der Waals surface area contributed by atoms with Gasteiger partial charge in [-0.15, -0.1) is 0 Å². The lowest BCUT2D eigenvalue weighted by Crippen LogP contribution is -2.41. The average Bonchev–Trinajstić information content (AvgIpc) is 3.04. The van der Waals surface area contributed by atoms with Crippen molar-refractivity contribution in [1.82, 2.24) is 14.5 Å². The van der Waals surface area contributed by atoms with E-state index >= 15 is 0 Å². The Morgan fingerprint density at radius 3 is 2.38 bits per heavy atom. The second kappa shape index (κ2) is 9.48. The number of likely N-dealkylation sites (tertiary alicyclic amines) is 1. The number of likely N-dealkylation sites (N-methyl/N-ethyl adjacent to an activating group) is 1. The number of carbonyl (C=O) groups is 1.